The van der Waals surface area contributed by atoms with Crippen LogP contribution in [-0.4, -0.2) is 36.3 Å². The Kier molecular flexibility index (Phi) is 6.73. The van der Waals surface area contributed by atoms with Crippen LogP contribution in [0.1, 0.15) is 32.8 Å². The zero-order valence-corrected chi connectivity index (χ0v) is 14.2. The first kappa shape index (κ1) is 19.1. The van der Waals surface area contributed by atoms with Gasteiger partial charge in [0.05, 0.1) is 30.2 Å². The highest BCUT2D eigenvalue weighted by Crippen LogP contribution is 2.25. The SMILES string of the molecule is CCOC(=O)CC(Nc1nc(Cl)c(C#N)cc1F)C(C)(C)OC. The van der Waals surface area contributed by atoms with Crippen LogP contribution < -0.4 is 5.32 Å². The minimum absolute atomic E-state index is 0.0482. The van der Waals surface area contributed by atoms with E-state index in [1.54, 1.807) is 26.8 Å². The van der Waals surface area contributed by atoms with Crippen LogP contribution in [-0.2, 0) is 14.3 Å². The second kappa shape index (κ2) is 8.09. The first-order chi connectivity index (χ1) is 10.7. The van der Waals surface area contributed by atoms with Crippen LogP contribution in [0.3, 0.4) is 0 Å². The standard InChI is InChI=1S/C15H19ClFN3O3/c1-5-23-12(21)7-11(15(2,3)22-4)19-14-10(17)6-9(8-18)13(16)20-14/h6,11H,5,7H2,1-4H3,(H,19,20). The van der Waals surface area contributed by atoms with Gasteiger partial charge < -0.3 is 14.8 Å². The zero-order chi connectivity index (χ0) is 17.6. The van der Waals surface area contributed by atoms with Gasteiger partial charge in [-0.2, -0.15) is 5.26 Å². The summed E-state index contributed by atoms with van der Waals surface area (Å²) in [5, 5.41) is 11.5. The van der Waals surface area contributed by atoms with Gasteiger partial charge in [-0.3, -0.25) is 4.79 Å². The quantitative estimate of drug-likeness (QED) is 0.605. The van der Waals surface area contributed by atoms with E-state index in [0.717, 1.165) is 6.07 Å². The molecule has 126 valence electrons. The van der Waals surface area contributed by atoms with E-state index in [-0.39, 0.29) is 29.6 Å². The fourth-order valence-electron chi connectivity index (χ4n) is 1.81. The predicted octanol–water partition coefficient (Wildman–Crippen LogP) is 2.90. The number of esters is 1. The van der Waals surface area contributed by atoms with Crippen molar-refractivity contribution in [2.45, 2.75) is 38.8 Å². The Morgan fingerprint density at radius 2 is 2.26 bits per heavy atom. The number of anilines is 1. The highest BCUT2D eigenvalue weighted by molar-refractivity contribution is 6.30. The summed E-state index contributed by atoms with van der Waals surface area (Å²) in [5.74, 6) is -1.35. The smallest absolute Gasteiger partial charge is 0.307 e. The van der Waals surface area contributed by atoms with Gasteiger partial charge in [0.25, 0.3) is 0 Å². The van der Waals surface area contributed by atoms with E-state index in [0.29, 0.717) is 0 Å². The molecule has 1 atom stereocenters. The molecule has 23 heavy (non-hydrogen) atoms. The molecular weight excluding hydrogens is 325 g/mol. The summed E-state index contributed by atoms with van der Waals surface area (Å²) < 4.78 is 24.3. The molecule has 1 rings (SSSR count). The number of nitrogens with zero attached hydrogens (tertiary/aromatic N) is 2. The lowest BCUT2D eigenvalue weighted by atomic mass is 9.95. The van der Waals surface area contributed by atoms with E-state index < -0.39 is 23.4 Å². The van der Waals surface area contributed by atoms with Crippen molar-refractivity contribution in [3.63, 3.8) is 0 Å². The van der Waals surface area contributed by atoms with Crippen LogP contribution >= 0.6 is 11.6 Å². The van der Waals surface area contributed by atoms with Crippen molar-refractivity contribution in [2.75, 3.05) is 19.0 Å². The van der Waals surface area contributed by atoms with Gasteiger partial charge in [-0.25, -0.2) is 9.37 Å². The van der Waals surface area contributed by atoms with Crippen molar-refractivity contribution in [1.29, 1.82) is 5.26 Å². The molecule has 0 fully saturated rings. The summed E-state index contributed by atoms with van der Waals surface area (Å²) in [6.07, 6.45) is -0.0482. The molecular formula is C15H19ClFN3O3. The molecule has 0 aromatic carbocycles. The third kappa shape index (κ3) is 5.05. The second-order valence-electron chi connectivity index (χ2n) is 5.28. The summed E-state index contributed by atoms with van der Waals surface area (Å²) in [6.45, 7) is 5.43. The fraction of sp³-hybridized carbons (Fsp3) is 0.533. The van der Waals surface area contributed by atoms with Crippen LogP contribution in [0.15, 0.2) is 6.07 Å². The summed E-state index contributed by atoms with van der Waals surface area (Å²) in [5.41, 5.74) is -0.871. The maximum absolute atomic E-state index is 14.1. The Hall–Kier alpha value is -1.91. The number of carbonyl (C=O) groups is 1. The normalized spacial score (nSPS) is 12.4. The molecule has 1 aromatic heterocycles. The molecule has 0 spiro atoms. The number of aromatic nitrogens is 1. The van der Waals surface area contributed by atoms with Gasteiger partial charge in [-0.05, 0) is 26.8 Å². The number of hydrogen-bond acceptors (Lipinski definition) is 6. The fourth-order valence-corrected chi connectivity index (χ4v) is 1.99. The summed E-state index contributed by atoms with van der Waals surface area (Å²) in [4.78, 5) is 15.6. The maximum Gasteiger partial charge on any atom is 0.307 e. The van der Waals surface area contributed by atoms with Gasteiger partial charge in [0.1, 0.15) is 11.2 Å². The largest absolute Gasteiger partial charge is 0.466 e. The molecule has 0 aliphatic heterocycles. The number of halogens is 2. The van der Waals surface area contributed by atoms with Crippen molar-refractivity contribution < 1.29 is 18.7 Å². The van der Waals surface area contributed by atoms with Crippen LogP contribution in [0.2, 0.25) is 5.15 Å². The van der Waals surface area contributed by atoms with Gasteiger partial charge in [-0.15, -0.1) is 0 Å². The molecule has 0 radical (unpaired) electrons. The van der Waals surface area contributed by atoms with Crippen molar-refractivity contribution in [2.24, 2.45) is 0 Å². The maximum atomic E-state index is 14.1. The molecule has 1 aromatic rings. The first-order valence-corrected chi connectivity index (χ1v) is 7.36. The Labute approximate surface area is 139 Å². The van der Waals surface area contributed by atoms with Gasteiger partial charge in [0, 0.05) is 7.11 Å². The number of nitriles is 1. The zero-order valence-electron chi connectivity index (χ0n) is 13.4. The summed E-state index contributed by atoms with van der Waals surface area (Å²) >= 11 is 5.83. The average molecular weight is 344 g/mol. The molecule has 6 nitrogen and oxygen atoms in total. The lowest BCUT2D eigenvalue weighted by Gasteiger charge is -2.33. The molecule has 0 saturated heterocycles. The minimum atomic E-state index is -0.804. The molecule has 0 bridgehead atoms. The highest BCUT2D eigenvalue weighted by Gasteiger charge is 2.33. The van der Waals surface area contributed by atoms with Crippen molar-refractivity contribution in [3.05, 3.63) is 22.6 Å². The number of ether oxygens (including phenoxy) is 2. The van der Waals surface area contributed by atoms with Crippen molar-refractivity contribution in [1.82, 2.24) is 4.98 Å². The predicted molar refractivity (Wildman–Crippen MR) is 83.7 cm³/mol. The first-order valence-electron chi connectivity index (χ1n) is 6.98. The summed E-state index contributed by atoms with van der Waals surface area (Å²) in [7, 11) is 1.48. The number of pyridine rings is 1. The molecule has 0 aliphatic rings. The number of nitrogens with one attached hydrogen (secondary N) is 1. The van der Waals surface area contributed by atoms with Crippen LogP contribution in [0.4, 0.5) is 10.2 Å². The molecule has 1 unspecified atom stereocenters. The third-order valence-electron chi connectivity index (χ3n) is 3.40. The van der Waals surface area contributed by atoms with Gasteiger partial charge in [0.15, 0.2) is 11.6 Å². The molecule has 1 N–H and O–H groups in total. The lowest BCUT2D eigenvalue weighted by Crippen LogP contribution is -2.45. The van der Waals surface area contributed by atoms with E-state index in [4.69, 9.17) is 26.3 Å². The van der Waals surface area contributed by atoms with Crippen molar-refractivity contribution in [3.8, 4) is 6.07 Å². The highest BCUT2D eigenvalue weighted by atomic mass is 35.5. The van der Waals surface area contributed by atoms with E-state index in [1.165, 1.54) is 7.11 Å². The Bertz CT molecular complexity index is 617. The summed E-state index contributed by atoms with van der Waals surface area (Å²) in [6, 6.07) is 2.12. The topological polar surface area (TPSA) is 84.2 Å². The van der Waals surface area contributed by atoms with E-state index in [2.05, 4.69) is 10.3 Å². The third-order valence-corrected chi connectivity index (χ3v) is 3.69. The number of carbonyl (C=O) groups excluding carboxylic acids is 1. The monoisotopic (exact) mass is 343 g/mol. The van der Waals surface area contributed by atoms with E-state index in [1.807, 2.05) is 0 Å². The van der Waals surface area contributed by atoms with Crippen LogP contribution in [0.5, 0.6) is 0 Å². The molecule has 0 amide bonds. The number of hydrogen-bond donors (Lipinski definition) is 1. The second-order valence-corrected chi connectivity index (χ2v) is 5.64. The molecule has 8 heteroatoms. The number of methoxy groups -OCH3 is 1. The van der Waals surface area contributed by atoms with Gasteiger partial charge in [-0.1, -0.05) is 11.6 Å². The van der Waals surface area contributed by atoms with E-state index in [9.17, 15) is 9.18 Å². The Balaban J connectivity index is 3.09. The Morgan fingerprint density at radius 1 is 1.61 bits per heavy atom. The average Bonchev–Trinajstić information content (AvgIpc) is 2.49. The van der Waals surface area contributed by atoms with Crippen LogP contribution in [0, 0.1) is 17.1 Å². The number of rotatable bonds is 7. The lowest BCUT2D eigenvalue weighted by molar-refractivity contribution is -0.145. The van der Waals surface area contributed by atoms with E-state index >= 15 is 0 Å². The molecule has 0 aliphatic carbocycles. The minimum Gasteiger partial charge on any atom is -0.466 e. The molecule has 0 saturated carbocycles. The van der Waals surface area contributed by atoms with Crippen LogP contribution in [0.25, 0.3) is 0 Å². The van der Waals surface area contributed by atoms with Gasteiger partial charge in [0.2, 0.25) is 0 Å². The Morgan fingerprint density at radius 3 is 2.78 bits per heavy atom. The van der Waals surface area contributed by atoms with Gasteiger partial charge >= 0.3 is 5.97 Å². The molecule has 1 heterocycles. The van der Waals surface area contributed by atoms with Crippen molar-refractivity contribution >= 4 is 23.4 Å².